The van der Waals surface area contributed by atoms with E-state index in [1.54, 1.807) is 0 Å². The van der Waals surface area contributed by atoms with Gasteiger partial charge in [0.2, 0.25) is 0 Å². The van der Waals surface area contributed by atoms with E-state index in [4.69, 9.17) is 9.47 Å². The Kier molecular flexibility index (Phi) is 5.08. The lowest BCUT2D eigenvalue weighted by Crippen LogP contribution is -2.48. The summed E-state index contributed by atoms with van der Waals surface area (Å²) in [5.74, 6) is 0.460. The van der Waals surface area contributed by atoms with Crippen molar-refractivity contribution in [3.8, 4) is 0 Å². The Labute approximate surface area is 148 Å². The second-order valence-electron chi connectivity index (χ2n) is 7.62. The fourth-order valence-corrected chi connectivity index (χ4v) is 4.11. The van der Waals surface area contributed by atoms with E-state index in [2.05, 4.69) is 34.1 Å². The zero-order valence-electron chi connectivity index (χ0n) is 14.7. The molecule has 0 bridgehead atoms. The number of ether oxygens (including phenoxy) is 2. The summed E-state index contributed by atoms with van der Waals surface area (Å²) in [4.78, 5) is 5.63. The zero-order chi connectivity index (χ0) is 17.1. The molecule has 1 aromatic heterocycles. The van der Waals surface area contributed by atoms with Gasteiger partial charge in [0.15, 0.2) is 0 Å². The molecule has 0 saturated carbocycles. The molecule has 0 unspecified atom stereocenters. The van der Waals surface area contributed by atoms with E-state index < -0.39 is 5.60 Å². The highest BCUT2D eigenvalue weighted by Gasteiger charge is 2.33. The summed E-state index contributed by atoms with van der Waals surface area (Å²) in [6.45, 7) is 5.49. The predicted octanol–water partition coefficient (Wildman–Crippen LogP) is 2.20. The van der Waals surface area contributed by atoms with E-state index >= 15 is 0 Å². The molecule has 5 nitrogen and oxygen atoms in total. The highest BCUT2D eigenvalue weighted by molar-refractivity contribution is 5.79. The number of H-pyrrole nitrogens is 1. The number of aliphatic hydroxyl groups is 1. The number of rotatable bonds is 4. The van der Waals surface area contributed by atoms with Gasteiger partial charge in [-0.05, 0) is 41.5 Å². The third kappa shape index (κ3) is 4.23. The first-order chi connectivity index (χ1) is 12.2. The molecule has 5 heteroatoms. The Morgan fingerprint density at radius 2 is 2.04 bits per heavy atom. The highest BCUT2D eigenvalue weighted by Crippen LogP contribution is 2.24. The Hall–Kier alpha value is -1.40. The monoisotopic (exact) mass is 344 g/mol. The fraction of sp³-hybridized carbons (Fsp3) is 0.600. The molecule has 2 saturated heterocycles. The number of nitrogens with zero attached hydrogens (tertiary/aromatic N) is 1. The molecule has 0 aliphatic carbocycles. The van der Waals surface area contributed by atoms with Crippen molar-refractivity contribution < 1.29 is 14.6 Å². The van der Waals surface area contributed by atoms with Crippen LogP contribution >= 0.6 is 0 Å². The standard InChI is InChI=1S/C20H28N2O3/c23-20(4-8-24-9-5-20)15-22-7-10-25-14-17(13-22)11-16-1-2-19-18(12-16)3-6-21-19/h1-3,6,12,17,21,23H,4-5,7-11,13-15H2/t17-/m0/s1. The van der Waals surface area contributed by atoms with Crippen LogP contribution in [0.25, 0.3) is 10.9 Å². The van der Waals surface area contributed by atoms with E-state index in [1.165, 1.54) is 16.5 Å². The maximum atomic E-state index is 10.8. The lowest BCUT2D eigenvalue weighted by atomic mass is 9.92. The summed E-state index contributed by atoms with van der Waals surface area (Å²) >= 11 is 0. The highest BCUT2D eigenvalue weighted by atomic mass is 16.5. The van der Waals surface area contributed by atoms with Crippen LogP contribution in [0.2, 0.25) is 0 Å². The molecule has 1 aromatic carbocycles. The molecular weight excluding hydrogens is 316 g/mol. The van der Waals surface area contributed by atoms with Gasteiger partial charge in [0.25, 0.3) is 0 Å². The van der Waals surface area contributed by atoms with Crippen molar-refractivity contribution in [1.82, 2.24) is 9.88 Å². The van der Waals surface area contributed by atoms with Crippen LogP contribution in [0.5, 0.6) is 0 Å². The van der Waals surface area contributed by atoms with E-state index in [0.29, 0.717) is 19.1 Å². The fourth-order valence-electron chi connectivity index (χ4n) is 4.11. The van der Waals surface area contributed by atoms with E-state index in [-0.39, 0.29) is 0 Å². The van der Waals surface area contributed by atoms with Crippen LogP contribution in [0.3, 0.4) is 0 Å². The van der Waals surface area contributed by atoms with Crippen molar-refractivity contribution >= 4 is 10.9 Å². The van der Waals surface area contributed by atoms with Crippen LogP contribution in [-0.2, 0) is 15.9 Å². The van der Waals surface area contributed by atoms with Crippen molar-refractivity contribution in [2.45, 2.75) is 24.9 Å². The molecule has 2 aliphatic heterocycles. The topological polar surface area (TPSA) is 57.7 Å². The second kappa shape index (κ2) is 7.46. The smallest absolute Gasteiger partial charge is 0.0817 e. The summed E-state index contributed by atoms with van der Waals surface area (Å²) in [6, 6.07) is 8.76. The quantitative estimate of drug-likeness (QED) is 0.893. The minimum absolute atomic E-state index is 0.460. The van der Waals surface area contributed by atoms with Crippen molar-refractivity contribution in [2.75, 3.05) is 46.1 Å². The molecule has 2 fully saturated rings. The minimum Gasteiger partial charge on any atom is -0.388 e. The zero-order valence-corrected chi connectivity index (χ0v) is 14.7. The molecule has 1 atom stereocenters. The molecule has 2 N–H and O–H groups in total. The summed E-state index contributed by atoms with van der Waals surface area (Å²) in [5, 5.41) is 12.1. The lowest BCUT2D eigenvalue weighted by molar-refractivity contribution is -0.0804. The third-order valence-corrected chi connectivity index (χ3v) is 5.51. The molecule has 0 amide bonds. The number of aromatic amines is 1. The summed E-state index contributed by atoms with van der Waals surface area (Å²) < 4.78 is 11.3. The van der Waals surface area contributed by atoms with Gasteiger partial charge in [0, 0.05) is 57.4 Å². The van der Waals surface area contributed by atoms with Gasteiger partial charge in [-0.1, -0.05) is 6.07 Å². The van der Waals surface area contributed by atoms with Gasteiger partial charge >= 0.3 is 0 Å². The molecule has 0 radical (unpaired) electrons. The van der Waals surface area contributed by atoms with E-state index in [0.717, 1.165) is 52.1 Å². The van der Waals surface area contributed by atoms with Crippen molar-refractivity contribution in [3.63, 3.8) is 0 Å². The van der Waals surface area contributed by atoms with E-state index in [9.17, 15) is 5.11 Å². The number of benzene rings is 1. The van der Waals surface area contributed by atoms with Gasteiger partial charge in [-0.25, -0.2) is 0 Å². The minimum atomic E-state index is -0.600. The van der Waals surface area contributed by atoms with Crippen LogP contribution in [0.1, 0.15) is 18.4 Å². The predicted molar refractivity (Wildman–Crippen MR) is 97.8 cm³/mol. The molecule has 4 rings (SSSR count). The number of hydrogen-bond donors (Lipinski definition) is 2. The number of nitrogens with one attached hydrogen (secondary N) is 1. The van der Waals surface area contributed by atoms with Gasteiger partial charge in [-0.2, -0.15) is 0 Å². The summed E-state index contributed by atoms with van der Waals surface area (Å²) in [5.41, 5.74) is 1.94. The van der Waals surface area contributed by atoms with Crippen LogP contribution in [0, 0.1) is 5.92 Å². The SMILES string of the molecule is OC1(CN2CCOC[C@@H](Cc3ccc4[nH]ccc4c3)C2)CCOCC1. The lowest BCUT2D eigenvalue weighted by Gasteiger charge is -2.37. The third-order valence-electron chi connectivity index (χ3n) is 5.51. The molecule has 0 spiro atoms. The number of fused-ring (bicyclic) bond motifs is 1. The average Bonchev–Trinajstić information content (AvgIpc) is 2.96. The van der Waals surface area contributed by atoms with Crippen LogP contribution < -0.4 is 0 Å². The van der Waals surface area contributed by atoms with Crippen molar-refractivity contribution in [1.29, 1.82) is 0 Å². The Morgan fingerprint density at radius 3 is 2.92 bits per heavy atom. The van der Waals surface area contributed by atoms with Crippen LogP contribution in [-0.4, -0.2) is 66.7 Å². The second-order valence-corrected chi connectivity index (χ2v) is 7.62. The van der Waals surface area contributed by atoms with Crippen molar-refractivity contribution in [2.24, 2.45) is 5.92 Å². The molecule has 2 aliphatic rings. The average molecular weight is 344 g/mol. The first-order valence-corrected chi connectivity index (χ1v) is 9.36. The first-order valence-electron chi connectivity index (χ1n) is 9.36. The van der Waals surface area contributed by atoms with Gasteiger partial charge < -0.3 is 19.6 Å². The van der Waals surface area contributed by atoms with Crippen LogP contribution in [0.15, 0.2) is 30.5 Å². The molecular formula is C20H28N2O3. The van der Waals surface area contributed by atoms with E-state index in [1.807, 2.05) is 6.20 Å². The van der Waals surface area contributed by atoms with Gasteiger partial charge in [-0.15, -0.1) is 0 Å². The normalized spacial score (nSPS) is 25.1. The van der Waals surface area contributed by atoms with Crippen LogP contribution in [0.4, 0.5) is 0 Å². The largest absolute Gasteiger partial charge is 0.388 e. The first kappa shape index (κ1) is 17.0. The Bertz CT molecular complexity index is 693. The number of β-amino-alcohol motifs (C(OH)–C–C–N with tert-alkyl or cyclic N) is 1. The molecule has 3 heterocycles. The summed E-state index contributed by atoms with van der Waals surface area (Å²) in [6.07, 6.45) is 4.47. The number of hydrogen-bond acceptors (Lipinski definition) is 4. The van der Waals surface area contributed by atoms with Gasteiger partial charge in [0.1, 0.15) is 0 Å². The maximum Gasteiger partial charge on any atom is 0.0817 e. The maximum absolute atomic E-state index is 10.8. The van der Waals surface area contributed by atoms with Crippen molar-refractivity contribution in [3.05, 3.63) is 36.0 Å². The molecule has 25 heavy (non-hydrogen) atoms. The molecule has 136 valence electrons. The summed E-state index contributed by atoms with van der Waals surface area (Å²) in [7, 11) is 0. The van der Waals surface area contributed by atoms with Gasteiger partial charge in [-0.3, -0.25) is 4.90 Å². The Morgan fingerprint density at radius 1 is 1.16 bits per heavy atom. The van der Waals surface area contributed by atoms with Gasteiger partial charge in [0.05, 0.1) is 18.8 Å². The molecule has 2 aromatic rings. The Balaban J connectivity index is 1.40. The number of aromatic nitrogens is 1.